The molecule has 14 heavy (non-hydrogen) atoms. The molecule has 0 fully saturated rings. The van der Waals surface area contributed by atoms with E-state index in [1.807, 2.05) is 6.08 Å². The molecule has 0 aromatic heterocycles. The number of carbonyl (C=O) groups is 1. The Morgan fingerprint density at radius 1 is 1.43 bits per heavy atom. The Balaban J connectivity index is 2.61. The molecule has 0 aliphatic heterocycles. The number of aryl methyl sites for hydroxylation is 2. The summed E-state index contributed by atoms with van der Waals surface area (Å²) < 4.78 is 0. The first-order valence-corrected chi connectivity index (χ1v) is 4.99. The van der Waals surface area contributed by atoms with Crippen molar-refractivity contribution in [3.63, 3.8) is 0 Å². The van der Waals surface area contributed by atoms with Crippen molar-refractivity contribution >= 4 is 5.78 Å². The molecule has 1 nitrogen and oxygen atoms in total. The number of rotatable bonds is 2. The average Bonchev–Trinajstić information content (AvgIpc) is 2.53. The van der Waals surface area contributed by atoms with Crippen LogP contribution in [0.15, 0.2) is 24.8 Å². The number of fused-ring (bicyclic) bond motifs is 1. The first-order chi connectivity index (χ1) is 6.74. The van der Waals surface area contributed by atoms with E-state index < -0.39 is 0 Å². The van der Waals surface area contributed by atoms with Gasteiger partial charge in [-0.15, -0.1) is 6.58 Å². The summed E-state index contributed by atoms with van der Waals surface area (Å²) in [5.41, 5.74) is 4.58. The minimum Gasteiger partial charge on any atom is -0.294 e. The molecule has 0 spiro atoms. The first-order valence-electron chi connectivity index (χ1n) is 4.99. The van der Waals surface area contributed by atoms with Gasteiger partial charge in [0.05, 0.1) is 0 Å². The average molecular weight is 186 g/mol. The lowest BCUT2D eigenvalue weighted by Gasteiger charge is -2.08. The Morgan fingerprint density at radius 2 is 2.21 bits per heavy atom. The zero-order valence-electron chi connectivity index (χ0n) is 8.47. The molecule has 2 rings (SSSR count). The lowest BCUT2D eigenvalue weighted by molar-refractivity contribution is 0.0994. The number of allylic oxidation sites excluding steroid dienone is 1. The third kappa shape index (κ3) is 1.29. The summed E-state index contributed by atoms with van der Waals surface area (Å²) in [6.07, 6.45) is 4.27. The molecule has 0 bridgehead atoms. The van der Waals surface area contributed by atoms with Crippen LogP contribution in [0, 0.1) is 6.92 Å². The van der Waals surface area contributed by atoms with E-state index in [2.05, 4.69) is 25.6 Å². The van der Waals surface area contributed by atoms with Gasteiger partial charge in [0.25, 0.3) is 0 Å². The SMILES string of the molecule is C=CCc1c(C)ccc2c1C(=O)CC2. The summed E-state index contributed by atoms with van der Waals surface area (Å²) in [5, 5.41) is 0. The van der Waals surface area contributed by atoms with Gasteiger partial charge in [-0.1, -0.05) is 18.2 Å². The van der Waals surface area contributed by atoms with E-state index in [0.717, 1.165) is 18.4 Å². The standard InChI is InChI=1S/C13H14O/c1-3-4-11-9(2)5-6-10-7-8-12(14)13(10)11/h3,5-6H,1,4,7-8H2,2H3. The van der Waals surface area contributed by atoms with E-state index in [9.17, 15) is 4.79 Å². The maximum absolute atomic E-state index is 11.7. The van der Waals surface area contributed by atoms with Gasteiger partial charge in [-0.2, -0.15) is 0 Å². The zero-order valence-corrected chi connectivity index (χ0v) is 8.47. The third-order valence-corrected chi connectivity index (χ3v) is 2.88. The van der Waals surface area contributed by atoms with Gasteiger partial charge in [-0.25, -0.2) is 0 Å². The van der Waals surface area contributed by atoms with Crippen LogP contribution in [0.2, 0.25) is 0 Å². The highest BCUT2D eigenvalue weighted by atomic mass is 16.1. The smallest absolute Gasteiger partial charge is 0.163 e. The van der Waals surface area contributed by atoms with E-state index in [1.165, 1.54) is 16.7 Å². The maximum atomic E-state index is 11.7. The van der Waals surface area contributed by atoms with Gasteiger partial charge in [0.1, 0.15) is 0 Å². The van der Waals surface area contributed by atoms with Gasteiger partial charge in [-0.05, 0) is 36.5 Å². The van der Waals surface area contributed by atoms with Gasteiger partial charge in [-0.3, -0.25) is 4.79 Å². The molecule has 1 aliphatic carbocycles. The summed E-state index contributed by atoms with van der Waals surface area (Å²) >= 11 is 0. The molecule has 1 aromatic carbocycles. The quantitative estimate of drug-likeness (QED) is 0.649. The Hall–Kier alpha value is -1.37. The highest BCUT2D eigenvalue weighted by Crippen LogP contribution is 2.28. The summed E-state index contributed by atoms with van der Waals surface area (Å²) in [6, 6.07) is 4.19. The van der Waals surface area contributed by atoms with E-state index in [1.54, 1.807) is 0 Å². The fraction of sp³-hybridized carbons (Fsp3) is 0.308. The molecular formula is C13H14O. The highest BCUT2D eigenvalue weighted by molar-refractivity contribution is 6.02. The number of benzene rings is 1. The van der Waals surface area contributed by atoms with Crippen molar-refractivity contribution in [1.29, 1.82) is 0 Å². The van der Waals surface area contributed by atoms with Crippen LogP contribution < -0.4 is 0 Å². The van der Waals surface area contributed by atoms with Crippen molar-refractivity contribution in [1.82, 2.24) is 0 Å². The van der Waals surface area contributed by atoms with Crippen molar-refractivity contribution in [2.45, 2.75) is 26.2 Å². The second-order valence-electron chi connectivity index (χ2n) is 3.81. The number of hydrogen-bond acceptors (Lipinski definition) is 1. The topological polar surface area (TPSA) is 17.1 Å². The Labute approximate surface area is 84.5 Å². The second-order valence-corrected chi connectivity index (χ2v) is 3.81. The molecule has 0 atom stereocenters. The predicted molar refractivity (Wildman–Crippen MR) is 57.7 cm³/mol. The zero-order chi connectivity index (χ0) is 10.1. The molecule has 0 N–H and O–H groups in total. The lowest BCUT2D eigenvalue weighted by Crippen LogP contribution is -2.00. The molecule has 0 saturated heterocycles. The molecule has 0 heterocycles. The molecule has 1 aliphatic rings. The number of Topliss-reactive ketones (excluding diaryl/α,β-unsaturated/α-hetero) is 1. The second kappa shape index (κ2) is 3.41. The van der Waals surface area contributed by atoms with E-state index in [0.29, 0.717) is 12.2 Å². The summed E-state index contributed by atoms with van der Waals surface area (Å²) in [5.74, 6) is 0.306. The summed E-state index contributed by atoms with van der Waals surface area (Å²) in [7, 11) is 0. The van der Waals surface area contributed by atoms with Crippen LogP contribution in [-0.2, 0) is 12.8 Å². The lowest BCUT2D eigenvalue weighted by atomic mass is 9.95. The molecular weight excluding hydrogens is 172 g/mol. The van der Waals surface area contributed by atoms with Crippen LogP contribution in [0.5, 0.6) is 0 Å². The Kier molecular flexibility index (Phi) is 2.24. The molecule has 0 amide bonds. The third-order valence-electron chi connectivity index (χ3n) is 2.88. The minimum absolute atomic E-state index is 0.306. The van der Waals surface area contributed by atoms with E-state index in [4.69, 9.17) is 0 Å². The molecule has 0 saturated carbocycles. The van der Waals surface area contributed by atoms with Gasteiger partial charge >= 0.3 is 0 Å². The van der Waals surface area contributed by atoms with E-state index in [-0.39, 0.29) is 0 Å². The highest BCUT2D eigenvalue weighted by Gasteiger charge is 2.22. The van der Waals surface area contributed by atoms with Crippen LogP contribution in [-0.4, -0.2) is 5.78 Å². The Morgan fingerprint density at radius 3 is 2.93 bits per heavy atom. The van der Waals surface area contributed by atoms with Crippen LogP contribution in [0.4, 0.5) is 0 Å². The number of ketones is 1. The normalized spacial score (nSPS) is 14.2. The molecule has 1 aromatic rings. The van der Waals surface area contributed by atoms with Crippen LogP contribution in [0.3, 0.4) is 0 Å². The van der Waals surface area contributed by atoms with Crippen LogP contribution >= 0.6 is 0 Å². The van der Waals surface area contributed by atoms with Gasteiger partial charge in [0.15, 0.2) is 5.78 Å². The fourth-order valence-electron chi connectivity index (χ4n) is 2.14. The number of hydrogen-bond donors (Lipinski definition) is 0. The minimum atomic E-state index is 0.306. The Bertz CT molecular complexity index is 402. The molecule has 1 heteroatoms. The first kappa shape index (κ1) is 9.20. The van der Waals surface area contributed by atoms with Crippen molar-refractivity contribution in [3.8, 4) is 0 Å². The molecule has 0 radical (unpaired) electrons. The summed E-state index contributed by atoms with van der Waals surface area (Å²) in [6.45, 7) is 5.80. The van der Waals surface area contributed by atoms with Crippen LogP contribution in [0.25, 0.3) is 0 Å². The van der Waals surface area contributed by atoms with Gasteiger partial charge in [0, 0.05) is 12.0 Å². The maximum Gasteiger partial charge on any atom is 0.163 e. The van der Waals surface area contributed by atoms with Gasteiger partial charge < -0.3 is 0 Å². The van der Waals surface area contributed by atoms with Crippen molar-refractivity contribution in [2.75, 3.05) is 0 Å². The van der Waals surface area contributed by atoms with Gasteiger partial charge in [0.2, 0.25) is 0 Å². The fourth-order valence-corrected chi connectivity index (χ4v) is 2.14. The largest absolute Gasteiger partial charge is 0.294 e. The predicted octanol–water partition coefficient (Wildman–Crippen LogP) is 2.85. The molecule has 0 unspecified atom stereocenters. The van der Waals surface area contributed by atoms with Crippen molar-refractivity contribution in [2.24, 2.45) is 0 Å². The van der Waals surface area contributed by atoms with Crippen LogP contribution in [0.1, 0.15) is 33.5 Å². The monoisotopic (exact) mass is 186 g/mol. The van der Waals surface area contributed by atoms with Crippen molar-refractivity contribution < 1.29 is 4.79 Å². The number of carbonyl (C=O) groups excluding carboxylic acids is 1. The summed E-state index contributed by atoms with van der Waals surface area (Å²) in [4.78, 5) is 11.7. The van der Waals surface area contributed by atoms with E-state index >= 15 is 0 Å². The molecule has 72 valence electrons. The van der Waals surface area contributed by atoms with Crippen molar-refractivity contribution in [3.05, 3.63) is 47.0 Å².